The molecule has 7 nitrogen and oxygen atoms in total. The van der Waals surface area contributed by atoms with Gasteiger partial charge in [-0.05, 0) is 39.7 Å². The first-order valence-corrected chi connectivity index (χ1v) is 9.51. The number of alkyl halides is 2. The van der Waals surface area contributed by atoms with Crippen LogP contribution in [-0.2, 0) is 17.6 Å². The minimum absolute atomic E-state index is 0.0414. The molecule has 2 aromatic heterocycles. The Morgan fingerprint density at radius 3 is 2.57 bits per heavy atom. The van der Waals surface area contributed by atoms with Crippen molar-refractivity contribution in [1.82, 2.24) is 24.6 Å². The van der Waals surface area contributed by atoms with E-state index in [1.54, 1.807) is 20.8 Å². The maximum Gasteiger partial charge on any atom is 0.282 e. The number of fused-ring (bicyclic) bond motifs is 3. The number of amides is 1. The summed E-state index contributed by atoms with van der Waals surface area (Å²) in [6, 6.07) is 0.496. The third-order valence-electron chi connectivity index (χ3n) is 5.85. The van der Waals surface area contributed by atoms with Crippen molar-refractivity contribution in [2.24, 2.45) is 0 Å². The van der Waals surface area contributed by atoms with Crippen molar-refractivity contribution in [2.75, 3.05) is 0 Å². The van der Waals surface area contributed by atoms with Crippen LogP contribution in [0.2, 0.25) is 0 Å². The van der Waals surface area contributed by atoms with Gasteiger partial charge in [0.15, 0.2) is 0 Å². The highest BCUT2D eigenvalue weighted by atomic mass is 19.3. The summed E-state index contributed by atoms with van der Waals surface area (Å²) in [5, 5.41) is 3.94. The molecule has 2 aliphatic heterocycles. The Hall–Kier alpha value is -2.58. The van der Waals surface area contributed by atoms with E-state index in [0.717, 1.165) is 18.5 Å². The van der Waals surface area contributed by atoms with Crippen LogP contribution in [0, 0.1) is 13.8 Å². The summed E-state index contributed by atoms with van der Waals surface area (Å²) >= 11 is 0. The number of nitrogens with one attached hydrogen (secondary N) is 1. The average Bonchev–Trinajstić information content (AvgIpc) is 3.14. The van der Waals surface area contributed by atoms with E-state index in [2.05, 4.69) is 15.1 Å². The Bertz CT molecular complexity index is 983. The monoisotopic (exact) mass is 391 g/mol. The fourth-order valence-electron chi connectivity index (χ4n) is 4.56. The lowest BCUT2D eigenvalue weighted by Gasteiger charge is -2.31. The van der Waals surface area contributed by atoms with Crippen LogP contribution in [0.4, 0.5) is 8.78 Å². The van der Waals surface area contributed by atoms with E-state index in [0.29, 0.717) is 29.9 Å². The molecule has 0 aromatic carbocycles. The fraction of sp³-hybridized carbons (Fsp3) is 0.579. The summed E-state index contributed by atoms with van der Waals surface area (Å²) < 4.78 is 27.3. The van der Waals surface area contributed by atoms with Crippen molar-refractivity contribution in [1.29, 1.82) is 0 Å². The van der Waals surface area contributed by atoms with Gasteiger partial charge in [-0.1, -0.05) is 0 Å². The highest BCUT2D eigenvalue weighted by molar-refractivity contribution is 5.81. The standard InChI is InChI=1S/C19H23F2N5O2/c1-9-6-16(17(20)21)24-26(9)10(2)19(28)25-12-4-5-13(25)8-15-14(7-12)18(27)23-11(3)22-15/h6,10,12-13,17H,4-5,7-8H2,1-3H3,(H,22,23,27)/t10-,12+,13-/m1/s1. The summed E-state index contributed by atoms with van der Waals surface area (Å²) in [5.41, 5.74) is 1.47. The number of carbonyl (C=O) groups excluding carboxylic acids is 1. The lowest BCUT2D eigenvalue weighted by atomic mass is 9.98. The second-order valence-electron chi connectivity index (χ2n) is 7.75. The molecule has 0 aliphatic carbocycles. The number of nitrogens with zero attached hydrogens (tertiary/aromatic N) is 4. The van der Waals surface area contributed by atoms with Crippen LogP contribution in [0.25, 0.3) is 0 Å². The summed E-state index contributed by atoms with van der Waals surface area (Å²) in [6.45, 7) is 5.10. The van der Waals surface area contributed by atoms with Crippen molar-refractivity contribution in [2.45, 2.75) is 71.0 Å². The van der Waals surface area contributed by atoms with Gasteiger partial charge in [-0.15, -0.1) is 0 Å². The van der Waals surface area contributed by atoms with Crippen LogP contribution < -0.4 is 5.56 Å². The molecular formula is C19H23F2N5O2. The van der Waals surface area contributed by atoms with Gasteiger partial charge in [0.25, 0.3) is 12.0 Å². The van der Waals surface area contributed by atoms with E-state index in [1.165, 1.54) is 10.7 Å². The molecule has 0 radical (unpaired) electrons. The molecule has 3 atom stereocenters. The van der Waals surface area contributed by atoms with E-state index < -0.39 is 12.5 Å². The molecule has 4 rings (SSSR count). The number of H-pyrrole nitrogens is 1. The Balaban J connectivity index is 1.64. The fourth-order valence-corrected chi connectivity index (χ4v) is 4.56. The SMILES string of the molecule is Cc1nc2c(c(=O)[nH]1)C[C@@H]1CC[C@H](C2)N1C(=O)[C@@H](C)n1nc(C(F)F)cc1C. The molecule has 1 saturated heterocycles. The van der Waals surface area contributed by atoms with E-state index in [4.69, 9.17) is 0 Å². The zero-order valence-corrected chi connectivity index (χ0v) is 16.1. The van der Waals surface area contributed by atoms with Gasteiger partial charge in [0.05, 0.1) is 5.69 Å². The van der Waals surface area contributed by atoms with Crippen LogP contribution in [0.5, 0.6) is 0 Å². The lowest BCUT2D eigenvalue weighted by Crippen LogP contribution is -2.45. The maximum absolute atomic E-state index is 13.3. The van der Waals surface area contributed by atoms with Crippen molar-refractivity contribution >= 4 is 5.91 Å². The van der Waals surface area contributed by atoms with Crippen LogP contribution in [0.15, 0.2) is 10.9 Å². The minimum atomic E-state index is -2.67. The van der Waals surface area contributed by atoms with Gasteiger partial charge in [0.1, 0.15) is 17.6 Å². The molecule has 0 unspecified atom stereocenters. The van der Waals surface area contributed by atoms with Gasteiger partial charge in [-0.25, -0.2) is 13.8 Å². The van der Waals surface area contributed by atoms with Gasteiger partial charge in [0, 0.05) is 36.2 Å². The molecule has 1 fully saturated rings. The topological polar surface area (TPSA) is 83.9 Å². The summed E-state index contributed by atoms with van der Waals surface area (Å²) in [4.78, 5) is 34.8. The quantitative estimate of drug-likeness (QED) is 0.870. The van der Waals surface area contributed by atoms with Gasteiger partial charge in [-0.3, -0.25) is 14.3 Å². The molecule has 2 bridgehead atoms. The average molecular weight is 391 g/mol. The summed E-state index contributed by atoms with van der Waals surface area (Å²) in [5.74, 6) is 0.417. The van der Waals surface area contributed by atoms with Crippen molar-refractivity contribution in [3.05, 3.63) is 44.9 Å². The second-order valence-corrected chi connectivity index (χ2v) is 7.75. The normalized spacial score (nSPS) is 22.3. The first kappa shape index (κ1) is 18.8. The second kappa shape index (κ2) is 6.79. The van der Waals surface area contributed by atoms with Crippen LogP contribution in [0.1, 0.15) is 60.7 Å². The van der Waals surface area contributed by atoms with Gasteiger partial charge in [0.2, 0.25) is 5.91 Å². The molecule has 150 valence electrons. The zero-order valence-electron chi connectivity index (χ0n) is 16.1. The Kier molecular flexibility index (Phi) is 4.55. The highest BCUT2D eigenvalue weighted by Crippen LogP contribution is 2.34. The number of hydrogen-bond donors (Lipinski definition) is 1. The minimum Gasteiger partial charge on any atom is -0.334 e. The van der Waals surface area contributed by atoms with E-state index in [9.17, 15) is 18.4 Å². The van der Waals surface area contributed by atoms with Gasteiger partial charge in [-0.2, -0.15) is 5.10 Å². The van der Waals surface area contributed by atoms with E-state index in [-0.39, 0.29) is 29.2 Å². The number of aromatic nitrogens is 4. The molecule has 0 spiro atoms. The number of aromatic amines is 1. The largest absolute Gasteiger partial charge is 0.334 e. The van der Waals surface area contributed by atoms with Gasteiger partial charge >= 0.3 is 0 Å². The maximum atomic E-state index is 13.3. The number of hydrogen-bond acceptors (Lipinski definition) is 4. The van der Waals surface area contributed by atoms with Crippen molar-refractivity contribution in [3.63, 3.8) is 0 Å². The third-order valence-corrected chi connectivity index (χ3v) is 5.85. The van der Waals surface area contributed by atoms with Crippen LogP contribution >= 0.6 is 0 Å². The predicted octanol–water partition coefficient (Wildman–Crippen LogP) is 2.24. The predicted molar refractivity (Wildman–Crippen MR) is 97.3 cm³/mol. The molecule has 4 heterocycles. The Morgan fingerprint density at radius 1 is 1.25 bits per heavy atom. The molecule has 0 saturated carbocycles. The molecule has 1 amide bonds. The van der Waals surface area contributed by atoms with E-state index >= 15 is 0 Å². The number of aryl methyl sites for hydroxylation is 2. The van der Waals surface area contributed by atoms with Crippen molar-refractivity contribution < 1.29 is 13.6 Å². The number of halogens is 2. The lowest BCUT2D eigenvalue weighted by molar-refractivity contribution is -0.137. The number of rotatable bonds is 3. The molecule has 2 aromatic rings. The molecule has 28 heavy (non-hydrogen) atoms. The Labute approximate surface area is 160 Å². The smallest absolute Gasteiger partial charge is 0.282 e. The first-order valence-electron chi connectivity index (χ1n) is 9.51. The summed E-state index contributed by atoms with van der Waals surface area (Å²) in [7, 11) is 0. The molecular weight excluding hydrogens is 368 g/mol. The zero-order chi connectivity index (χ0) is 20.2. The summed E-state index contributed by atoms with van der Waals surface area (Å²) in [6.07, 6.45) is -0.0118. The van der Waals surface area contributed by atoms with E-state index in [1.807, 2.05) is 4.90 Å². The Morgan fingerprint density at radius 2 is 1.93 bits per heavy atom. The highest BCUT2D eigenvalue weighted by Gasteiger charge is 2.42. The number of carbonyl (C=O) groups is 1. The molecule has 1 N–H and O–H groups in total. The van der Waals surface area contributed by atoms with Crippen molar-refractivity contribution in [3.8, 4) is 0 Å². The van der Waals surface area contributed by atoms with Crippen LogP contribution in [0.3, 0.4) is 0 Å². The molecule has 2 aliphatic rings. The molecule has 9 heteroatoms. The van der Waals surface area contributed by atoms with Crippen LogP contribution in [-0.4, -0.2) is 42.6 Å². The van der Waals surface area contributed by atoms with Gasteiger partial charge < -0.3 is 9.88 Å². The third kappa shape index (κ3) is 3.02. The first-order chi connectivity index (χ1) is 13.3.